The number of hydrogen-bond donors (Lipinski definition) is 1. The van der Waals surface area contributed by atoms with E-state index in [1.165, 1.54) is 17.7 Å². The lowest BCUT2D eigenvalue weighted by molar-refractivity contribution is -0.124. The molecule has 0 saturated heterocycles. The predicted octanol–water partition coefficient (Wildman–Crippen LogP) is 3.77. The lowest BCUT2D eigenvalue weighted by Gasteiger charge is -2.14. The Hall–Kier alpha value is -2.40. The van der Waals surface area contributed by atoms with Crippen LogP contribution in [-0.4, -0.2) is 24.5 Å². The zero-order valence-electron chi connectivity index (χ0n) is 13.8. The molecule has 1 amide bonds. The van der Waals surface area contributed by atoms with Gasteiger partial charge >= 0.3 is 5.97 Å². The maximum atomic E-state index is 13.6. The first-order valence-electron chi connectivity index (χ1n) is 7.91. The van der Waals surface area contributed by atoms with Crippen molar-refractivity contribution in [3.8, 4) is 0 Å². The van der Waals surface area contributed by atoms with Crippen LogP contribution in [0.1, 0.15) is 29.3 Å². The van der Waals surface area contributed by atoms with Gasteiger partial charge in [-0.15, -0.1) is 0 Å². The zero-order valence-corrected chi connectivity index (χ0v) is 14.6. The SMILES string of the molecule is C[C@H](CCc1ccccc1)NC(=O)COC(=O)c1cc(Cl)ccc1F. The zero-order chi connectivity index (χ0) is 18.2. The van der Waals surface area contributed by atoms with Gasteiger partial charge < -0.3 is 10.1 Å². The highest BCUT2D eigenvalue weighted by atomic mass is 35.5. The number of aryl methyl sites for hydroxylation is 1. The molecule has 6 heteroatoms. The van der Waals surface area contributed by atoms with E-state index in [4.69, 9.17) is 16.3 Å². The average molecular weight is 364 g/mol. The molecule has 0 aliphatic rings. The van der Waals surface area contributed by atoms with Gasteiger partial charge in [-0.25, -0.2) is 9.18 Å². The molecule has 0 aliphatic heterocycles. The van der Waals surface area contributed by atoms with Crippen molar-refractivity contribution in [3.05, 3.63) is 70.5 Å². The Labute approximate surface area is 150 Å². The Balaban J connectivity index is 1.76. The summed E-state index contributed by atoms with van der Waals surface area (Å²) >= 11 is 5.72. The lowest BCUT2D eigenvalue weighted by Crippen LogP contribution is -2.36. The second-order valence-electron chi connectivity index (χ2n) is 5.69. The monoisotopic (exact) mass is 363 g/mol. The van der Waals surface area contributed by atoms with E-state index < -0.39 is 24.3 Å². The molecule has 0 bridgehead atoms. The summed E-state index contributed by atoms with van der Waals surface area (Å²) in [6.45, 7) is 1.40. The second kappa shape index (κ2) is 9.18. The number of benzene rings is 2. The van der Waals surface area contributed by atoms with Crippen molar-refractivity contribution in [2.24, 2.45) is 0 Å². The van der Waals surface area contributed by atoms with E-state index >= 15 is 0 Å². The van der Waals surface area contributed by atoms with Crippen LogP contribution in [-0.2, 0) is 16.0 Å². The predicted molar refractivity (Wildman–Crippen MR) is 94.1 cm³/mol. The first kappa shape index (κ1) is 18.9. The summed E-state index contributed by atoms with van der Waals surface area (Å²) in [7, 11) is 0. The Morgan fingerprint density at radius 1 is 1.20 bits per heavy atom. The molecule has 0 aromatic heterocycles. The summed E-state index contributed by atoms with van der Waals surface area (Å²) in [5, 5.41) is 2.96. The fourth-order valence-corrected chi connectivity index (χ4v) is 2.45. The molecule has 0 aliphatic carbocycles. The van der Waals surface area contributed by atoms with Crippen LogP contribution in [0.3, 0.4) is 0 Å². The van der Waals surface area contributed by atoms with Gasteiger partial charge in [-0.2, -0.15) is 0 Å². The summed E-state index contributed by atoms with van der Waals surface area (Å²) in [6.07, 6.45) is 1.59. The van der Waals surface area contributed by atoms with E-state index in [-0.39, 0.29) is 16.6 Å². The van der Waals surface area contributed by atoms with Crippen molar-refractivity contribution < 1.29 is 18.7 Å². The molecular formula is C19H19ClFNO3. The van der Waals surface area contributed by atoms with Crippen molar-refractivity contribution in [1.82, 2.24) is 5.32 Å². The topological polar surface area (TPSA) is 55.4 Å². The van der Waals surface area contributed by atoms with Gasteiger partial charge in [-0.05, 0) is 43.5 Å². The number of nitrogens with one attached hydrogen (secondary N) is 1. The molecule has 4 nitrogen and oxygen atoms in total. The number of halogens is 2. The molecule has 0 spiro atoms. The van der Waals surface area contributed by atoms with Gasteiger partial charge in [0.1, 0.15) is 5.82 Å². The van der Waals surface area contributed by atoms with Crippen molar-refractivity contribution in [2.45, 2.75) is 25.8 Å². The molecule has 2 aromatic rings. The number of hydrogen-bond acceptors (Lipinski definition) is 3. The summed E-state index contributed by atoms with van der Waals surface area (Å²) < 4.78 is 18.4. The van der Waals surface area contributed by atoms with Crippen molar-refractivity contribution in [2.75, 3.05) is 6.61 Å². The standard InChI is InChI=1S/C19H19ClFNO3/c1-13(7-8-14-5-3-2-4-6-14)22-18(23)12-25-19(24)16-11-15(20)9-10-17(16)21/h2-6,9-11,13H,7-8,12H2,1H3,(H,22,23)/t13-/m1/s1. The van der Waals surface area contributed by atoms with Crippen LogP contribution in [0.2, 0.25) is 5.02 Å². The number of carbonyl (C=O) groups excluding carboxylic acids is 2. The van der Waals surface area contributed by atoms with Gasteiger partial charge in [0.25, 0.3) is 5.91 Å². The summed E-state index contributed by atoms with van der Waals surface area (Å²) in [5.41, 5.74) is 0.892. The van der Waals surface area contributed by atoms with Crippen LogP contribution < -0.4 is 5.32 Å². The van der Waals surface area contributed by atoms with Crippen LogP contribution in [0.15, 0.2) is 48.5 Å². The fourth-order valence-electron chi connectivity index (χ4n) is 2.28. The first-order chi connectivity index (χ1) is 12.0. The summed E-state index contributed by atoms with van der Waals surface area (Å²) in [6, 6.07) is 13.4. The molecule has 0 fully saturated rings. The maximum Gasteiger partial charge on any atom is 0.341 e. The van der Waals surface area contributed by atoms with E-state index in [1.54, 1.807) is 0 Å². The largest absolute Gasteiger partial charge is 0.452 e. The highest BCUT2D eigenvalue weighted by Crippen LogP contribution is 2.15. The Morgan fingerprint density at radius 2 is 1.92 bits per heavy atom. The summed E-state index contributed by atoms with van der Waals surface area (Å²) in [5.74, 6) is -2.10. The number of amides is 1. The lowest BCUT2D eigenvalue weighted by atomic mass is 10.1. The molecule has 0 saturated carbocycles. The molecule has 2 rings (SSSR count). The van der Waals surface area contributed by atoms with Gasteiger partial charge in [0.2, 0.25) is 0 Å². The quantitative estimate of drug-likeness (QED) is 0.762. The molecule has 25 heavy (non-hydrogen) atoms. The third-order valence-electron chi connectivity index (χ3n) is 3.60. The van der Waals surface area contributed by atoms with Crippen molar-refractivity contribution >= 4 is 23.5 Å². The highest BCUT2D eigenvalue weighted by molar-refractivity contribution is 6.30. The van der Waals surface area contributed by atoms with Gasteiger partial charge in [-0.3, -0.25) is 4.79 Å². The Bertz CT molecular complexity index is 737. The van der Waals surface area contributed by atoms with E-state index in [0.717, 1.165) is 18.9 Å². The molecule has 132 valence electrons. The highest BCUT2D eigenvalue weighted by Gasteiger charge is 2.16. The number of rotatable bonds is 7. The average Bonchev–Trinajstić information content (AvgIpc) is 2.61. The molecular weight excluding hydrogens is 345 g/mol. The van der Waals surface area contributed by atoms with Crippen molar-refractivity contribution in [3.63, 3.8) is 0 Å². The van der Waals surface area contributed by atoms with Gasteiger partial charge in [0.05, 0.1) is 5.56 Å². The molecule has 1 atom stereocenters. The molecule has 0 heterocycles. The van der Waals surface area contributed by atoms with E-state index in [0.29, 0.717) is 0 Å². The fraction of sp³-hybridized carbons (Fsp3) is 0.263. The Morgan fingerprint density at radius 3 is 2.64 bits per heavy atom. The number of esters is 1. The van der Waals surface area contributed by atoms with Gasteiger partial charge in [0, 0.05) is 11.1 Å². The second-order valence-corrected chi connectivity index (χ2v) is 6.13. The van der Waals surface area contributed by atoms with Crippen LogP contribution in [0.4, 0.5) is 4.39 Å². The van der Waals surface area contributed by atoms with Gasteiger partial charge in [-0.1, -0.05) is 41.9 Å². The molecule has 1 N–H and O–H groups in total. The summed E-state index contributed by atoms with van der Waals surface area (Å²) in [4.78, 5) is 23.7. The van der Waals surface area contributed by atoms with Gasteiger partial charge in [0.15, 0.2) is 6.61 Å². The minimum atomic E-state index is -0.924. The number of carbonyl (C=O) groups is 2. The van der Waals surface area contributed by atoms with E-state index in [1.807, 2.05) is 37.3 Å². The van der Waals surface area contributed by atoms with E-state index in [2.05, 4.69) is 5.32 Å². The van der Waals surface area contributed by atoms with Crippen LogP contribution in [0.5, 0.6) is 0 Å². The third-order valence-corrected chi connectivity index (χ3v) is 3.83. The van der Waals surface area contributed by atoms with E-state index in [9.17, 15) is 14.0 Å². The molecule has 2 aromatic carbocycles. The normalized spacial score (nSPS) is 11.6. The van der Waals surface area contributed by atoms with Crippen LogP contribution in [0.25, 0.3) is 0 Å². The maximum absolute atomic E-state index is 13.6. The minimum absolute atomic E-state index is 0.0747. The van der Waals surface area contributed by atoms with Crippen LogP contribution in [0, 0.1) is 5.82 Å². The third kappa shape index (κ3) is 6.19. The molecule has 0 unspecified atom stereocenters. The Kier molecular flexibility index (Phi) is 6.95. The van der Waals surface area contributed by atoms with Crippen molar-refractivity contribution in [1.29, 1.82) is 0 Å². The smallest absolute Gasteiger partial charge is 0.341 e. The first-order valence-corrected chi connectivity index (χ1v) is 8.29. The van der Waals surface area contributed by atoms with Crippen LogP contribution >= 0.6 is 11.6 Å². The minimum Gasteiger partial charge on any atom is -0.452 e. The molecule has 0 radical (unpaired) electrons. The number of ether oxygens (including phenoxy) is 1.